The largest absolute Gasteiger partial charge is 0.378 e. The van der Waals surface area contributed by atoms with Crippen molar-refractivity contribution in [1.29, 1.82) is 5.26 Å². The first-order valence-corrected chi connectivity index (χ1v) is 5.72. The molecular weight excluding hydrogens is 188 g/mol. The third-order valence-electron chi connectivity index (χ3n) is 3.60. The van der Waals surface area contributed by atoms with Crippen LogP contribution >= 0.6 is 0 Å². The first kappa shape index (κ1) is 12.5. The molecule has 0 heterocycles. The smallest absolute Gasteiger partial charge is 0.0655 e. The minimum Gasteiger partial charge on any atom is -0.378 e. The second kappa shape index (κ2) is 4.96. The summed E-state index contributed by atoms with van der Waals surface area (Å²) in [5, 5.41) is 8.55. The molecule has 1 aliphatic carbocycles. The SMILES string of the molecule is CCO[C@H]1C[C@H](N(C)CCC#N)C1(C)C. The van der Waals surface area contributed by atoms with Gasteiger partial charge >= 0.3 is 0 Å². The number of ether oxygens (including phenoxy) is 1. The van der Waals surface area contributed by atoms with Crippen molar-refractivity contribution in [2.24, 2.45) is 5.41 Å². The van der Waals surface area contributed by atoms with Crippen molar-refractivity contribution in [3.05, 3.63) is 0 Å². The molecule has 0 unspecified atom stereocenters. The second-order valence-electron chi connectivity index (χ2n) is 4.91. The van der Waals surface area contributed by atoms with Crippen molar-refractivity contribution in [1.82, 2.24) is 4.90 Å². The first-order valence-electron chi connectivity index (χ1n) is 5.72. The maximum absolute atomic E-state index is 8.55. The van der Waals surface area contributed by atoms with Crippen molar-refractivity contribution in [3.63, 3.8) is 0 Å². The number of hydrogen-bond donors (Lipinski definition) is 0. The molecule has 1 rings (SSSR count). The van der Waals surface area contributed by atoms with Crippen LogP contribution < -0.4 is 0 Å². The molecule has 0 N–H and O–H groups in total. The molecule has 0 amide bonds. The van der Waals surface area contributed by atoms with Crippen molar-refractivity contribution >= 4 is 0 Å². The summed E-state index contributed by atoms with van der Waals surface area (Å²) < 4.78 is 5.69. The summed E-state index contributed by atoms with van der Waals surface area (Å²) in [6.45, 7) is 8.21. The molecule has 3 heteroatoms. The highest BCUT2D eigenvalue weighted by Crippen LogP contribution is 2.45. The Bertz CT molecular complexity index is 244. The second-order valence-corrected chi connectivity index (χ2v) is 4.91. The van der Waals surface area contributed by atoms with Gasteiger partial charge in [-0.25, -0.2) is 0 Å². The third kappa shape index (κ3) is 2.50. The topological polar surface area (TPSA) is 36.3 Å². The van der Waals surface area contributed by atoms with E-state index in [0.29, 0.717) is 18.6 Å². The lowest BCUT2D eigenvalue weighted by Gasteiger charge is -2.55. The van der Waals surface area contributed by atoms with Gasteiger partial charge in [-0.3, -0.25) is 0 Å². The lowest BCUT2D eigenvalue weighted by molar-refractivity contribution is -0.144. The summed E-state index contributed by atoms with van der Waals surface area (Å²) in [6, 6.07) is 2.75. The molecule has 0 aliphatic heterocycles. The molecule has 0 aromatic carbocycles. The lowest BCUT2D eigenvalue weighted by atomic mass is 9.64. The molecule has 86 valence electrons. The van der Waals surface area contributed by atoms with Gasteiger partial charge in [-0.2, -0.15) is 5.26 Å². The van der Waals surface area contributed by atoms with Gasteiger partial charge in [-0.05, 0) is 20.4 Å². The fourth-order valence-electron chi connectivity index (χ4n) is 2.48. The van der Waals surface area contributed by atoms with E-state index in [4.69, 9.17) is 10.00 Å². The Hall–Kier alpha value is -0.590. The van der Waals surface area contributed by atoms with Crippen molar-refractivity contribution in [2.45, 2.75) is 45.8 Å². The summed E-state index contributed by atoms with van der Waals surface area (Å²) in [7, 11) is 2.10. The summed E-state index contributed by atoms with van der Waals surface area (Å²) in [5.41, 5.74) is 0.222. The Kier molecular flexibility index (Phi) is 4.12. The Labute approximate surface area is 93.0 Å². The standard InChI is InChI=1S/C12H22N2O/c1-5-15-11-9-10(12(11,2)3)14(4)8-6-7-13/h10-11H,5-6,8-9H2,1-4H3/t10-,11-/m0/s1. The highest BCUT2D eigenvalue weighted by molar-refractivity contribution is 5.03. The number of rotatable bonds is 5. The number of nitrogens with zero attached hydrogens (tertiary/aromatic N) is 2. The van der Waals surface area contributed by atoms with Crippen LogP contribution in [-0.2, 0) is 4.74 Å². The molecule has 2 atom stereocenters. The zero-order valence-corrected chi connectivity index (χ0v) is 10.3. The van der Waals surface area contributed by atoms with Gasteiger partial charge in [0.25, 0.3) is 0 Å². The molecule has 1 saturated carbocycles. The number of hydrogen-bond acceptors (Lipinski definition) is 3. The fraction of sp³-hybridized carbons (Fsp3) is 0.917. The summed E-state index contributed by atoms with van der Waals surface area (Å²) in [6.07, 6.45) is 2.10. The molecule has 3 nitrogen and oxygen atoms in total. The Morgan fingerprint density at radius 2 is 2.20 bits per heavy atom. The van der Waals surface area contributed by atoms with Crippen LogP contribution in [0.1, 0.15) is 33.6 Å². The molecule has 0 bridgehead atoms. The van der Waals surface area contributed by atoms with E-state index < -0.39 is 0 Å². The van der Waals surface area contributed by atoms with Gasteiger partial charge in [-0.15, -0.1) is 0 Å². The van der Waals surface area contributed by atoms with Crippen LogP contribution in [0.5, 0.6) is 0 Å². The van der Waals surface area contributed by atoms with Crippen LogP contribution in [-0.4, -0.2) is 37.2 Å². The average Bonchev–Trinajstić information content (AvgIpc) is 2.20. The van der Waals surface area contributed by atoms with Crippen molar-refractivity contribution < 1.29 is 4.74 Å². The molecule has 0 radical (unpaired) electrons. The molecule has 0 saturated heterocycles. The van der Waals surface area contributed by atoms with Crippen molar-refractivity contribution in [3.8, 4) is 6.07 Å². The predicted octanol–water partition coefficient (Wildman–Crippen LogP) is 2.04. The van der Waals surface area contributed by atoms with E-state index >= 15 is 0 Å². The van der Waals surface area contributed by atoms with Crippen LogP contribution in [0.2, 0.25) is 0 Å². The third-order valence-corrected chi connectivity index (χ3v) is 3.60. The van der Waals surface area contributed by atoms with Gasteiger partial charge in [0.15, 0.2) is 0 Å². The van der Waals surface area contributed by atoms with E-state index in [2.05, 4.69) is 31.9 Å². The normalized spacial score (nSPS) is 28.5. The highest BCUT2D eigenvalue weighted by atomic mass is 16.5. The highest BCUT2D eigenvalue weighted by Gasteiger charge is 2.50. The van der Waals surface area contributed by atoms with E-state index in [1.807, 2.05) is 6.92 Å². The zero-order chi connectivity index (χ0) is 11.5. The minimum absolute atomic E-state index is 0.222. The van der Waals surface area contributed by atoms with E-state index in [0.717, 1.165) is 19.6 Å². The molecule has 1 aliphatic rings. The molecular formula is C12H22N2O. The van der Waals surface area contributed by atoms with Gasteiger partial charge in [0.1, 0.15) is 0 Å². The van der Waals surface area contributed by atoms with Crippen molar-refractivity contribution in [2.75, 3.05) is 20.2 Å². The Balaban J connectivity index is 2.43. The monoisotopic (exact) mass is 210 g/mol. The van der Waals surface area contributed by atoms with E-state index in [1.165, 1.54) is 0 Å². The van der Waals surface area contributed by atoms with Crippen LogP contribution in [0, 0.1) is 16.7 Å². The quantitative estimate of drug-likeness (QED) is 0.696. The number of nitriles is 1. The maximum atomic E-state index is 8.55. The van der Waals surface area contributed by atoms with Gasteiger partial charge in [0.05, 0.1) is 12.2 Å². The molecule has 0 aromatic rings. The minimum atomic E-state index is 0.222. The molecule has 1 fully saturated rings. The van der Waals surface area contributed by atoms with Crippen LogP contribution in [0.3, 0.4) is 0 Å². The molecule has 0 spiro atoms. The Morgan fingerprint density at radius 3 is 2.67 bits per heavy atom. The van der Waals surface area contributed by atoms with Crippen LogP contribution in [0.25, 0.3) is 0 Å². The summed E-state index contributed by atoms with van der Waals surface area (Å²) >= 11 is 0. The van der Waals surface area contributed by atoms with E-state index in [9.17, 15) is 0 Å². The maximum Gasteiger partial charge on any atom is 0.0655 e. The van der Waals surface area contributed by atoms with E-state index in [1.54, 1.807) is 0 Å². The summed E-state index contributed by atoms with van der Waals surface area (Å²) in [4.78, 5) is 2.29. The molecule has 0 aromatic heterocycles. The van der Waals surface area contributed by atoms with Crippen LogP contribution in [0.15, 0.2) is 0 Å². The fourth-order valence-corrected chi connectivity index (χ4v) is 2.48. The van der Waals surface area contributed by atoms with E-state index in [-0.39, 0.29) is 5.41 Å². The van der Waals surface area contributed by atoms with Gasteiger partial charge in [0.2, 0.25) is 0 Å². The van der Waals surface area contributed by atoms with Gasteiger partial charge in [-0.1, -0.05) is 13.8 Å². The lowest BCUT2D eigenvalue weighted by Crippen LogP contribution is -2.61. The average molecular weight is 210 g/mol. The Morgan fingerprint density at radius 1 is 1.53 bits per heavy atom. The van der Waals surface area contributed by atoms with Gasteiger partial charge < -0.3 is 9.64 Å². The summed E-state index contributed by atoms with van der Waals surface area (Å²) in [5.74, 6) is 0. The van der Waals surface area contributed by atoms with Crippen LogP contribution in [0.4, 0.5) is 0 Å². The molecule has 15 heavy (non-hydrogen) atoms. The van der Waals surface area contributed by atoms with Gasteiger partial charge in [0, 0.05) is 31.0 Å². The predicted molar refractivity (Wildman–Crippen MR) is 60.5 cm³/mol. The first-order chi connectivity index (χ1) is 7.04. The zero-order valence-electron chi connectivity index (χ0n) is 10.3.